The van der Waals surface area contributed by atoms with Gasteiger partial charge in [-0.25, -0.2) is 18.4 Å². The second-order valence-corrected chi connectivity index (χ2v) is 5.68. The molecule has 1 heterocycles. The Bertz CT molecular complexity index is 1040. The van der Waals surface area contributed by atoms with Crippen molar-refractivity contribution in [2.24, 2.45) is 0 Å². The van der Waals surface area contributed by atoms with Gasteiger partial charge in [0, 0.05) is 24.8 Å². The van der Waals surface area contributed by atoms with Crippen molar-refractivity contribution < 1.29 is 13.6 Å². The fourth-order valence-corrected chi connectivity index (χ4v) is 2.88. The number of halogens is 2. The first-order chi connectivity index (χ1) is 12.4. The number of fused-ring (bicyclic) bond motifs is 1. The third kappa shape index (κ3) is 3.17. The molecule has 0 radical (unpaired) electrons. The van der Waals surface area contributed by atoms with Crippen LogP contribution in [-0.4, -0.2) is 15.2 Å². The smallest absolute Gasteiger partial charge is 0.308 e. The molecule has 26 heavy (non-hydrogen) atoms. The number of benzene rings is 2. The van der Waals surface area contributed by atoms with Gasteiger partial charge in [-0.2, -0.15) is 0 Å². The van der Waals surface area contributed by atoms with Crippen molar-refractivity contribution in [3.8, 4) is 0 Å². The van der Waals surface area contributed by atoms with Crippen LogP contribution in [0.1, 0.15) is 13.8 Å². The average Bonchev–Trinajstić information content (AvgIpc) is 2.87. The van der Waals surface area contributed by atoms with Crippen molar-refractivity contribution in [3.63, 3.8) is 0 Å². The highest BCUT2D eigenvalue weighted by Gasteiger charge is 2.13. The van der Waals surface area contributed by atoms with E-state index in [4.69, 9.17) is 0 Å². The molecular formula is C18H18F2N4O2. The van der Waals surface area contributed by atoms with Gasteiger partial charge in [0.2, 0.25) is 0 Å². The molecule has 0 bridgehead atoms. The zero-order valence-electron chi connectivity index (χ0n) is 14.3. The topological polar surface area (TPSA) is 68.1 Å². The van der Waals surface area contributed by atoms with Gasteiger partial charge in [-0.15, -0.1) is 0 Å². The highest BCUT2D eigenvalue weighted by molar-refractivity contribution is 6.00. The lowest BCUT2D eigenvalue weighted by molar-refractivity contribution is 0.262. The van der Waals surface area contributed by atoms with Crippen LogP contribution in [0.4, 0.5) is 25.0 Å². The number of nitrogens with one attached hydrogen (secondary N) is 2. The Morgan fingerprint density at radius 2 is 1.65 bits per heavy atom. The molecule has 2 aromatic carbocycles. The van der Waals surface area contributed by atoms with E-state index in [1.165, 1.54) is 0 Å². The van der Waals surface area contributed by atoms with E-state index in [0.717, 1.165) is 17.6 Å². The molecule has 0 aliphatic rings. The maximum atomic E-state index is 13.6. The van der Waals surface area contributed by atoms with Crippen LogP contribution in [0.5, 0.6) is 0 Å². The van der Waals surface area contributed by atoms with Gasteiger partial charge in [0.15, 0.2) is 0 Å². The van der Waals surface area contributed by atoms with Crippen molar-refractivity contribution in [2.45, 2.75) is 26.9 Å². The molecule has 0 fully saturated rings. The maximum absolute atomic E-state index is 13.6. The van der Waals surface area contributed by atoms with Gasteiger partial charge in [0.05, 0.1) is 16.7 Å². The lowest BCUT2D eigenvalue weighted by Crippen LogP contribution is -2.23. The molecule has 0 atom stereocenters. The number of anilines is 2. The Labute approximate surface area is 148 Å². The van der Waals surface area contributed by atoms with Gasteiger partial charge >= 0.3 is 11.7 Å². The highest BCUT2D eigenvalue weighted by Crippen LogP contribution is 2.20. The Morgan fingerprint density at radius 1 is 0.962 bits per heavy atom. The SMILES string of the molecule is CCn1c(=O)n(CC)c2cc(NC(=O)Nc3ccc(F)cc3F)ccc21. The van der Waals surface area contributed by atoms with Crippen LogP contribution in [0.3, 0.4) is 0 Å². The second kappa shape index (κ2) is 6.99. The van der Waals surface area contributed by atoms with E-state index in [1.807, 2.05) is 13.8 Å². The number of hydrogen-bond donors (Lipinski definition) is 2. The summed E-state index contributed by atoms with van der Waals surface area (Å²) < 4.78 is 29.8. The molecule has 0 aliphatic carbocycles. The summed E-state index contributed by atoms with van der Waals surface area (Å²) in [6, 6.07) is 7.31. The summed E-state index contributed by atoms with van der Waals surface area (Å²) in [7, 11) is 0. The monoisotopic (exact) mass is 360 g/mol. The quantitative estimate of drug-likeness (QED) is 0.744. The van der Waals surface area contributed by atoms with Crippen LogP contribution >= 0.6 is 0 Å². The first-order valence-electron chi connectivity index (χ1n) is 8.20. The first kappa shape index (κ1) is 17.7. The van der Waals surface area contributed by atoms with E-state index in [1.54, 1.807) is 27.3 Å². The minimum absolute atomic E-state index is 0.111. The normalized spacial score (nSPS) is 10.9. The van der Waals surface area contributed by atoms with Crippen molar-refractivity contribution in [1.82, 2.24) is 9.13 Å². The Hall–Kier alpha value is -3.16. The van der Waals surface area contributed by atoms with Crippen molar-refractivity contribution in [3.05, 3.63) is 58.5 Å². The molecular weight excluding hydrogens is 342 g/mol. The van der Waals surface area contributed by atoms with Gasteiger partial charge < -0.3 is 10.6 Å². The summed E-state index contributed by atoms with van der Waals surface area (Å²) in [6.07, 6.45) is 0. The number of hydrogen-bond acceptors (Lipinski definition) is 2. The Kier molecular flexibility index (Phi) is 4.75. The minimum Gasteiger partial charge on any atom is -0.308 e. The molecule has 0 unspecified atom stereocenters. The molecule has 0 saturated carbocycles. The van der Waals surface area contributed by atoms with E-state index in [2.05, 4.69) is 10.6 Å². The van der Waals surface area contributed by atoms with Gasteiger partial charge in [-0.1, -0.05) is 0 Å². The fraction of sp³-hybridized carbons (Fsp3) is 0.222. The summed E-state index contributed by atoms with van der Waals surface area (Å²) >= 11 is 0. The molecule has 6 nitrogen and oxygen atoms in total. The molecule has 2 N–H and O–H groups in total. The van der Waals surface area contributed by atoms with Gasteiger partial charge in [0.25, 0.3) is 0 Å². The van der Waals surface area contributed by atoms with E-state index in [9.17, 15) is 18.4 Å². The number of imidazole rings is 1. The van der Waals surface area contributed by atoms with Crippen molar-refractivity contribution >= 4 is 28.4 Å². The van der Waals surface area contributed by atoms with Crippen LogP contribution < -0.4 is 16.3 Å². The summed E-state index contributed by atoms with van der Waals surface area (Å²) in [5.41, 5.74) is 1.68. The lowest BCUT2D eigenvalue weighted by Gasteiger charge is -2.09. The van der Waals surface area contributed by atoms with Gasteiger partial charge in [-0.05, 0) is 44.2 Å². The average molecular weight is 360 g/mol. The highest BCUT2D eigenvalue weighted by atomic mass is 19.1. The third-order valence-electron chi connectivity index (χ3n) is 4.09. The molecule has 3 aromatic rings. The molecule has 136 valence electrons. The summed E-state index contributed by atoms with van der Waals surface area (Å²) in [5.74, 6) is -1.59. The van der Waals surface area contributed by atoms with Crippen molar-refractivity contribution in [1.29, 1.82) is 0 Å². The number of rotatable bonds is 4. The predicted molar refractivity (Wildman–Crippen MR) is 96.5 cm³/mol. The third-order valence-corrected chi connectivity index (χ3v) is 4.09. The summed E-state index contributed by atoms with van der Waals surface area (Å²) in [5, 5.41) is 4.91. The fourth-order valence-electron chi connectivity index (χ4n) is 2.88. The van der Waals surface area contributed by atoms with Gasteiger partial charge in [0.1, 0.15) is 11.6 Å². The number of urea groups is 1. The molecule has 0 aliphatic heterocycles. The predicted octanol–water partition coefficient (Wildman–Crippen LogP) is 3.77. The standard InChI is InChI=1S/C18H18F2N4O2/c1-3-23-15-8-6-12(10-16(15)24(4-2)18(23)26)21-17(25)22-14-7-5-11(19)9-13(14)20/h5-10H,3-4H2,1-2H3,(H2,21,22,25). The zero-order valence-corrected chi connectivity index (χ0v) is 14.3. The maximum Gasteiger partial charge on any atom is 0.329 e. The molecule has 3 rings (SSSR count). The molecule has 0 spiro atoms. The van der Waals surface area contributed by atoms with E-state index in [-0.39, 0.29) is 11.4 Å². The number of carbonyl (C=O) groups is 1. The van der Waals surface area contributed by atoms with Crippen LogP contribution in [0.15, 0.2) is 41.2 Å². The molecule has 0 saturated heterocycles. The van der Waals surface area contributed by atoms with Gasteiger partial charge in [-0.3, -0.25) is 9.13 Å². The van der Waals surface area contributed by atoms with E-state index < -0.39 is 17.7 Å². The number of amides is 2. The molecule has 8 heteroatoms. The molecule has 1 aromatic heterocycles. The number of aromatic nitrogens is 2. The Balaban J connectivity index is 1.86. The number of carbonyl (C=O) groups excluding carboxylic acids is 1. The largest absolute Gasteiger partial charge is 0.329 e. The van der Waals surface area contributed by atoms with E-state index in [0.29, 0.717) is 30.4 Å². The summed E-state index contributed by atoms with van der Waals surface area (Å²) in [6.45, 7) is 4.79. The van der Waals surface area contributed by atoms with Crippen LogP contribution in [-0.2, 0) is 13.1 Å². The number of aryl methyl sites for hydroxylation is 2. The lowest BCUT2D eigenvalue weighted by atomic mass is 10.2. The van der Waals surface area contributed by atoms with Crippen LogP contribution in [0, 0.1) is 11.6 Å². The zero-order chi connectivity index (χ0) is 18.8. The Morgan fingerprint density at radius 3 is 2.31 bits per heavy atom. The van der Waals surface area contributed by atoms with Crippen LogP contribution in [0.25, 0.3) is 11.0 Å². The van der Waals surface area contributed by atoms with E-state index >= 15 is 0 Å². The number of nitrogens with zero attached hydrogens (tertiary/aromatic N) is 2. The minimum atomic E-state index is -0.865. The molecule has 2 amide bonds. The summed E-state index contributed by atoms with van der Waals surface area (Å²) in [4.78, 5) is 24.4. The van der Waals surface area contributed by atoms with Crippen molar-refractivity contribution in [2.75, 3.05) is 10.6 Å². The second-order valence-electron chi connectivity index (χ2n) is 5.68. The first-order valence-corrected chi connectivity index (χ1v) is 8.20. The van der Waals surface area contributed by atoms with Crippen LogP contribution in [0.2, 0.25) is 0 Å².